The van der Waals surface area contributed by atoms with Crippen molar-refractivity contribution >= 4 is 22.8 Å². The molecule has 0 spiro atoms. The second kappa shape index (κ2) is 5.16. The van der Waals surface area contributed by atoms with E-state index in [9.17, 15) is 4.79 Å². The molecule has 1 aromatic carbocycles. The van der Waals surface area contributed by atoms with Crippen molar-refractivity contribution in [2.75, 3.05) is 5.32 Å². The van der Waals surface area contributed by atoms with Gasteiger partial charge in [0, 0.05) is 23.5 Å². The van der Waals surface area contributed by atoms with E-state index in [2.05, 4.69) is 31.5 Å². The first kappa shape index (κ1) is 12.4. The maximum absolute atomic E-state index is 11.8. The van der Waals surface area contributed by atoms with Gasteiger partial charge in [-0.2, -0.15) is 4.98 Å². The number of anilines is 1. The number of carbonyl (C=O) groups excluding carboxylic acids is 1. The van der Waals surface area contributed by atoms with Gasteiger partial charge in [-0.1, -0.05) is 18.2 Å². The predicted octanol–water partition coefficient (Wildman–Crippen LogP) is 2.17. The number of nitrogens with zero attached hydrogens (tertiary/aromatic N) is 2. The van der Waals surface area contributed by atoms with Crippen molar-refractivity contribution in [3.05, 3.63) is 41.9 Å². The van der Waals surface area contributed by atoms with Gasteiger partial charge in [0.1, 0.15) is 5.82 Å². The van der Waals surface area contributed by atoms with Gasteiger partial charge in [0.15, 0.2) is 0 Å². The van der Waals surface area contributed by atoms with Crippen LogP contribution in [0.25, 0.3) is 10.9 Å². The summed E-state index contributed by atoms with van der Waals surface area (Å²) in [5.41, 5.74) is 2.23. The molecule has 2 aromatic heterocycles. The van der Waals surface area contributed by atoms with Gasteiger partial charge >= 0.3 is 0 Å². The molecule has 0 aliphatic heterocycles. The molecule has 0 saturated carbocycles. The molecule has 6 heteroatoms. The van der Waals surface area contributed by atoms with Gasteiger partial charge in [-0.05, 0) is 25.0 Å². The molecular weight excluding hydrogens is 254 g/mol. The fourth-order valence-corrected chi connectivity index (χ4v) is 2.17. The summed E-state index contributed by atoms with van der Waals surface area (Å²) in [5.74, 6) is 0.914. The number of carbonyl (C=O) groups is 1. The Hall–Kier alpha value is -2.63. The molecule has 20 heavy (non-hydrogen) atoms. The first-order valence-electron chi connectivity index (χ1n) is 6.46. The Morgan fingerprint density at radius 2 is 2.20 bits per heavy atom. The summed E-state index contributed by atoms with van der Waals surface area (Å²) in [6.45, 7) is 1.79. The molecule has 0 bridgehead atoms. The number of benzene rings is 1. The number of amides is 1. The molecule has 0 atom stereocenters. The Morgan fingerprint density at radius 3 is 3.00 bits per heavy atom. The standard InChI is InChI=1S/C14H15N5O/c1-9-16-14(19-18-9)17-13(20)7-6-10-8-15-12-5-3-2-4-11(10)12/h2-5,8,15H,6-7H2,1H3,(H2,16,17,18,19,20). The van der Waals surface area contributed by atoms with Crippen LogP contribution in [0.3, 0.4) is 0 Å². The largest absolute Gasteiger partial charge is 0.361 e. The van der Waals surface area contributed by atoms with Gasteiger partial charge in [0.25, 0.3) is 0 Å². The average molecular weight is 269 g/mol. The summed E-state index contributed by atoms with van der Waals surface area (Å²) < 4.78 is 0. The van der Waals surface area contributed by atoms with E-state index in [0.717, 1.165) is 16.5 Å². The number of rotatable bonds is 4. The number of para-hydroxylation sites is 1. The average Bonchev–Trinajstić information content (AvgIpc) is 3.03. The third-order valence-corrected chi connectivity index (χ3v) is 3.14. The molecule has 0 unspecified atom stereocenters. The number of hydrogen-bond acceptors (Lipinski definition) is 3. The number of hydrogen-bond donors (Lipinski definition) is 3. The van der Waals surface area contributed by atoms with Crippen molar-refractivity contribution in [2.24, 2.45) is 0 Å². The van der Waals surface area contributed by atoms with E-state index < -0.39 is 0 Å². The van der Waals surface area contributed by atoms with Crippen molar-refractivity contribution in [2.45, 2.75) is 19.8 Å². The highest BCUT2D eigenvalue weighted by atomic mass is 16.1. The van der Waals surface area contributed by atoms with Crippen LogP contribution in [0, 0.1) is 6.92 Å². The summed E-state index contributed by atoms with van der Waals surface area (Å²) in [6, 6.07) is 8.06. The molecule has 0 aliphatic carbocycles. The zero-order valence-electron chi connectivity index (χ0n) is 11.1. The van der Waals surface area contributed by atoms with Crippen LogP contribution >= 0.6 is 0 Å². The highest BCUT2D eigenvalue weighted by Crippen LogP contribution is 2.19. The first-order valence-corrected chi connectivity index (χ1v) is 6.46. The number of aryl methyl sites for hydroxylation is 2. The molecule has 102 valence electrons. The molecule has 3 rings (SSSR count). The minimum absolute atomic E-state index is 0.0886. The summed E-state index contributed by atoms with van der Waals surface area (Å²) in [6.07, 6.45) is 3.03. The summed E-state index contributed by atoms with van der Waals surface area (Å²) in [7, 11) is 0. The lowest BCUT2D eigenvalue weighted by atomic mass is 10.1. The summed E-state index contributed by atoms with van der Waals surface area (Å²) >= 11 is 0. The number of fused-ring (bicyclic) bond motifs is 1. The molecular formula is C14H15N5O. The smallest absolute Gasteiger partial charge is 0.248 e. The van der Waals surface area contributed by atoms with Crippen molar-refractivity contribution < 1.29 is 4.79 Å². The number of H-pyrrole nitrogens is 2. The molecule has 3 aromatic rings. The van der Waals surface area contributed by atoms with Crippen LogP contribution in [0.15, 0.2) is 30.5 Å². The molecule has 0 radical (unpaired) electrons. The minimum Gasteiger partial charge on any atom is -0.361 e. The third-order valence-electron chi connectivity index (χ3n) is 3.14. The second-order valence-corrected chi connectivity index (χ2v) is 4.65. The van der Waals surface area contributed by atoms with Gasteiger partial charge in [-0.25, -0.2) is 0 Å². The molecule has 0 aliphatic rings. The van der Waals surface area contributed by atoms with Crippen LogP contribution in [0.4, 0.5) is 5.95 Å². The lowest BCUT2D eigenvalue weighted by Gasteiger charge is -2.00. The lowest BCUT2D eigenvalue weighted by molar-refractivity contribution is -0.116. The monoisotopic (exact) mass is 269 g/mol. The second-order valence-electron chi connectivity index (χ2n) is 4.65. The zero-order valence-corrected chi connectivity index (χ0v) is 11.1. The number of nitrogens with one attached hydrogen (secondary N) is 3. The Balaban J connectivity index is 1.63. The van der Waals surface area contributed by atoms with Gasteiger partial charge in [-0.3, -0.25) is 15.2 Å². The predicted molar refractivity (Wildman–Crippen MR) is 76.4 cm³/mol. The van der Waals surface area contributed by atoms with Crippen LogP contribution in [-0.2, 0) is 11.2 Å². The van der Waals surface area contributed by atoms with Crippen LogP contribution in [0.2, 0.25) is 0 Å². The minimum atomic E-state index is -0.0886. The topological polar surface area (TPSA) is 86.5 Å². The summed E-state index contributed by atoms with van der Waals surface area (Å²) in [4.78, 5) is 19.1. The van der Waals surface area contributed by atoms with Gasteiger partial charge in [0.2, 0.25) is 11.9 Å². The van der Waals surface area contributed by atoms with Gasteiger partial charge < -0.3 is 4.98 Å². The van der Waals surface area contributed by atoms with Gasteiger partial charge in [-0.15, -0.1) is 5.10 Å². The van der Waals surface area contributed by atoms with Crippen molar-refractivity contribution in [3.63, 3.8) is 0 Å². The Labute approximate surface area is 115 Å². The van der Waals surface area contributed by atoms with Crippen LogP contribution in [0.1, 0.15) is 17.8 Å². The van der Waals surface area contributed by atoms with E-state index in [4.69, 9.17) is 0 Å². The van der Waals surface area contributed by atoms with Crippen LogP contribution in [0.5, 0.6) is 0 Å². The molecule has 6 nitrogen and oxygen atoms in total. The highest BCUT2D eigenvalue weighted by molar-refractivity contribution is 5.90. The quantitative estimate of drug-likeness (QED) is 0.678. The SMILES string of the molecule is Cc1nc(NC(=O)CCc2c[nH]c3ccccc23)n[nH]1. The van der Waals surface area contributed by atoms with Crippen molar-refractivity contribution in [1.82, 2.24) is 20.2 Å². The normalized spacial score (nSPS) is 10.8. The molecule has 0 saturated heterocycles. The fraction of sp³-hybridized carbons (Fsp3) is 0.214. The lowest BCUT2D eigenvalue weighted by Crippen LogP contribution is -2.13. The van der Waals surface area contributed by atoms with E-state index >= 15 is 0 Å². The Bertz CT molecular complexity index is 743. The fourth-order valence-electron chi connectivity index (χ4n) is 2.17. The van der Waals surface area contributed by atoms with Crippen LogP contribution < -0.4 is 5.32 Å². The Kier molecular flexibility index (Phi) is 3.20. The van der Waals surface area contributed by atoms with E-state index in [-0.39, 0.29) is 5.91 Å². The highest BCUT2D eigenvalue weighted by Gasteiger charge is 2.08. The van der Waals surface area contributed by atoms with E-state index in [1.165, 1.54) is 0 Å². The molecule has 2 heterocycles. The Morgan fingerprint density at radius 1 is 1.35 bits per heavy atom. The first-order chi connectivity index (χ1) is 9.72. The molecule has 0 fully saturated rings. The van der Waals surface area contributed by atoms with Crippen molar-refractivity contribution in [3.8, 4) is 0 Å². The third kappa shape index (κ3) is 2.54. The van der Waals surface area contributed by atoms with E-state index in [0.29, 0.717) is 24.6 Å². The zero-order chi connectivity index (χ0) is 13.9. The van der Waals surface area contributed by atoms with E-state index in [1.807, 2.05) is 24.4 Å². The maximum atomic E-state index is 11.8. The van der Waals surface area contributed by atoms with Crippen LogP contribution in [-0.4, -0.2) is 26.1 Å². The van der Waals surface area contributed by atoms with E-state index in [1.54, 1.807) is 6.92 Å². The molecule has 1 amide bonds. The number of aromatic amines is 2. The maximum Gasteiger partial charge on any atom is 0.248 e. The molecule has 3 N–H and O–H groups in total. The van der Waals surface area contributed by atoms with Crippen molar-refractivity contribution in [1.29, 1.82) is 0 Å². The summed E-state index contributed by atoms with van der Waals surface area (Å²) in [5, 5.41) is 10.4. The number of aromatic nitrogens is 4. The van der Waals surface area contributed by atoms with Gasteiger partial charge in [0.05, 0.1) is 0 Å².